The lowest BCUT2D eigenvalue weighted by Gasteiger charge is -1.95. The number of hydrogen-bond donors (Lipinski definition) is 0. The number of halogens is 1. The average Bonchev–Trinajstić information content (AvgIpc) is 1.81. The average molecular weight is 226 g/mol. The Bertz CT molecular complexity index is 54.5. The van der Waals surface area contributed by atoms with Gasteiger partial charge in [0.25, 0.3) is 0 Å². The zero-order valence-electron chi connectivity index (χ0n) is 4.90. The van der Waals surface area contributed by atoms with Crippen LogP contribution >= 0.6 is 22.6 Å². The Morgan fingerprint density at radius 3 is 2.88 bits per heavy atom. The van der Waals surface area contributed by atoms with E-state index in [9.17, 15) is 0 Å². The predicted molar refractivity (Wildman–Crippen MR) is 44.5 cm³/mol. The van der Waals surface area contributed by atoms with E-state index < -0.39 is 0 Å². The van der Waals surface area contributed by atoms with Crippen molar-refractivity contribution in [2.24, 2.45) is 0 Å². The lowest BCUT2D eigenvalue weighted by atomic mass is 10.5. The number of hydrogen-bond acceptors (Lipinski definition) is 1. The molecule has 48 valence electrons. The summed E-state index contributed by atoms with van der Waals surface area (Å²) >= 11 is 2.33. The first kappa shape index (κ1) is 8.43. The summed E-state index contributed by atoms with van der Waals surface area (Å²) in [6.07, 6.45) is 2.92. The molecular formula is C6H11IO. The second-order valence-electron chi connectivity index (χ2n) is 1.41. The molecular weight excluding hydrogens is 215 g/mol. The van der Waals surface area contributed by atoms with E-state index in [2.05, 4.69) is 29.2 Å². The van der Waals surface area contributed by atoms with Crippen molar-refractivity contribution in [2.75, 3.05) is 17.6 Å². The lowest BCUT2D eigenvalue weighted by Crippen LogP contribution is -1.93. The molecule has 0 aliphatic carbocycles. The van der Waals surface area contributed by atoms with Gasteiger partial charge in [-0.1, -0.05) is 28.7 Å². The van der Waals surface area contributed by atoms with E-state index in [1.165, 1.54) is 4.43 Å². The van der Waals surface area contributed by atoms with Crippen molar-refractivity contribution in [1.82, 2.24) is 0 Å². The van der Waals surface area contributed by atoms with Crippen LogP contribution in [0.2, 0.25) is 0 Å². The molecule has 0 aromatic heterocycles. The maximum Gasteiger partial charge on any atom is 0.0644 e. The Kier molecular flexibility index (Phi) is 7.83. The monoisotopic (exact) mass is 226 g/mol. The van der Waals surface area contributed by atoms with Gasteiger partial charge in [-0.25, -0.2) is 0 Å². The molecule has 0 bridgehead atoms. The van der Waals surface area contributed by atoms with E-state index in [0.717, 1.165) is 13.0 Å². The Labute approximate surface area is 64.2 Å². The summed E-state index contributed by atoms with van der Waals surface area (Å²) in [6.45, 7) is 5.09. The minimum absolute atomic E-state index is 0.691. The third-order valence-electron chi connectivity index (χ3n) is 0.658. The van der Waals surface area contributed by atoms with Crippen LogP contribution in [0.25, 0.3) is 0 Å². The minimum Gasteiger partial charge on any atom is -0.377 e. The highest BCUT2D eigenvalue weighted by Gasteiger charge is 1.80. The van der Waals surface area contributed by atoms with Gasteiger partial charge in [-0.3, -0.25) is 0 Å². The van der Waals surface area contributed by atoms with Gasteiger partial charge in [-0.05, 0) is 6.42 Å². The summed E-state index contributed by atoms with van der Waals surface area (Å²) < 4.78 is 6.28. The van der Waals surface area contributed by atoms with Crippen LogP contribution in [-0.4, -0.2) is 17.6 Å². The van der Waals surface area contributed by atoms with Gasteiger partial charge < -0.3 is 4.74 Å². The van der Waals surface area contributed by atoms with Gasteiger partial charge in [0.2, 0.25) is 0 Å². The Hall–Kier alpha value is 0.430. The zero-order chi connectivity index (χ0) is 6.24. The molecule has 0 aromatic rings. The first-order chi connectivity index (χ1) is 3.91. The lowest BCUT2D eigenvalue weighted by molar-refractivity contribution is 0.164. The molecule has 0 unspecified atom stereocenters. The largest absolute Gasteiger partial charge is 0.377 e. The predicted octanol–water partition coefficient (Wildman–Crippen LogP) is 2.01. The molecule has 0 saturated heterocycles. The fraction of sp³-hybridized carbons (Fsp3) is 0.667. The summed E-state index contributed by atoms with van der Waals surface area (Å²) in [7, 11) is 0. The van der Waals surface area contributed by atoms with Crippen molar-refractivity contribution >= 4 is 22.6 Å². The molecule has 0 fully saturated rings. The minimum atomic E-state index is 0.691. The molecule has 0 saturated carbocycles. The van der Waals surface area contributed by atoms with E-state index in [1.807, 2.05) is 0 Å². The molecule has 1 nitrogen and oxygen atoms in total. The third-order valence-corrected chi connectivity index (χ3v) is 1.42. The fourth-order valence-corrected chi connectivity index (χ4v) is 0.635. The van der Waals surface area contributed by atoms with Gasteiger partial charge in [0.1, 0.15) is 0 Å². The molecule has 0 heterocycles. The summed E-state index contributed by atoms with van der Waals surface area (Å²) in [6, 6.07) is 0. The first-order valence-corrected chi connectivity index (χ1v) is 4.19. The topological polar surface area (TPSA) is 9.23 Å². The van der Waals surface area contributed by atoms with Crippen LogP contribution < -0.4 is 0 Å². The summed E-state index contributed by atoms with van der Waals surface area (Å²) in [5.74, 6) is 0. The second kappa shape index (κ2) is 7.43. The standard InChI is InChI=1S/C6H11IO/c1-2-5-8-6-3-4-7/h2H,1,3-6H2. The van der Waals surface area contributed by atoms with Crippen molar-refractivity contribution in [3.05, 3.63) is 12.7 Å². The number of ether oxygens (including phenoxy) is 1. The van der Waals surface area contributed by atoms with Gasteiger partial charge in [-0.15, -0.1) is 6.58 Å². The van der Waals surface area contributed by atoms with Gasteiger partial charge in [0.05, 0.1) is 6.61 Å². The third kappa shape index (κ3) is 6.43. The molecule has 0 radical (unpaired) electrons. The van der Waals surface area contributed by atoms with Gasteiger partial charge in [0, 0.05) is 11.0 Å². The summed E-state index contributed by atoms with van der Waals surface area (Å²) in [4.78, 5) is 0. The van der Waals surface area contributed by atoms with Crippen molar-refractivity contribution in [3.63, 3.8) is 0 Å². The van der Waals surface area contributed by atoms with E-state index >= 15 is 0 Å². The molecule has 2 heteroatoms. The van der Waals surface area contributed by atoms with E-state index in [0.29, 0.717) is 6.61 Å². The fourth-order valence-electron chi connectivity index (χ4n) is 0.323. The van der Waals surface area contributed by atoms with Crippen LogP contribution in [0.1, 0.15) is 6.42 Å². The van der Waals surface area contributed by atoms with Crippen molar-refractivity contribution in [3.8, 4) is 0 Å². The highest BCUT2D eigenvalue weighted by molar-refractivity contribution is 14.1. The Morgan fingerprint density at radius 2 is 2.38 bits per heavy atom. The highest BCUT2D eigenvalue weighted by Crippen LogP contribution is 1.88. The SMILES string of the molecule is C=CCOCCCI. The van der Waals surface area contributed by atoms with E-state index in [1.54, 1.807) is 6.08 Å². The smallest absolute Gasteiger partial charge is 0.0644 e. The van der Waals surface area contributed by atoms with Crippen LogP contribution in [0.4, 0.5) is 0 Å². The Morgan fingerprint density at radius 1 is 1.62 bits per heavy atom. The first-order valence-electron chi connectivity index (χ1n) is 2.66. The molecule has 0 aliphatic rings. The van der Waals surface area contributed by atoms with Gasteiger partial charge in [-0.2, -0.15) is 0 Å². The summed E-state index contributed by atoms with van der Waals surface area (Å²) in [5, 5.41) is 0. The molecule has 0 atom stereocenters. The normalized spacial score (nSPS) is 9.12. The van der Waals surface area contributed by atoms with Crippen molar-refractivity contribution < 1.29 is 4.74 Å². The molecule has 0 aliphatic heterocycles. The van der Waals surface area contributed by atoms with Crippen LogP contribution in [0, 0.1) is 0 Å². The number of rotatable bonds is 5. The zero-order valence-corrected chi connectivity index (χ0v) is 7.06. The molecule has 8 heavy (non-hydrogen) atoms. The van der Waals surface area contributed by atoms with Crippen molar-refractivity contribution in [1.29, 1.82) is 0 Å². The highest BCUT2D eigenvalue weighted by atomic mass is 127. The molecule has 0 N–H and O–H groups in total. The summed E-state index contributed by atoms with van der Waals surface area (Å²) in [5.41, 5.74) is 0. The van der Waals surface area contributed by atoms with Crippen LogP contribution in [0.5, 0.6) is 0 Å². The number of alkyl halides is 1. The quantitative estimate of drug-likeness (QED) is 0.301. The molecule has 0 aromatic carbocycles. The van der Waals surface area contributed by atoms with Gasteiger partial charge >= 0.3 is 0 Å². The Balaban J connectivity index is 2.62. The van der Waals surface area contributed by atoms with E-state index in [4.69, 9.17) is 4.74 Å². The molecule has 0 amide bonds. The van der Waals surface area contributed by atoms with Crippen molar-refractivity contribution in [2.45, 2.75) is 6.42 Å². The van der Waals surface area contributed by atoms with E-state index in [-0.39, 0.29) is 0 Å². The van der Waals surface area contributed by atoms with Crippen LogP contribution in [0.15, 0.2) is 12.7 Å². The maximum absolute atomic E-state index is 5.10. The second-order valence-corrected chi connectivity index (χ2v) is 2.48. The maximum atomic E-state index is 5.10. The van der Waals surface area contributed by atoms with Gasteiger partial charge in [0.15, 0.2) is 0 Å². The molecule has 0 spiro atoms. The molecule has 0 rings (SSSR count). The van der Waals surface area contributed by atoms with Crippen LogP contribution in [-0.2, 0) is 4.74 Å². The van der Waals surface area contributed by atoms with Crippen LogP contribution in [0.3, 0.4) is 0 Å².